The smallest absolute Gasteiger partial charge is 0.870 e. The molecule has 0 bridgehead atoms. The molecule has 527 valence electrons. The van der Waals surface area contributed by atoms with E-state index in [4.69, 9.17) is 38.4 Å². The van der Waals surface area contributed by atoms with Gasteiger partial charge in [0.15, 0.2) is 0 Å². The summed E-state index contributed by atoms with van der Waals surface area (Å²) in [7, 11) is 10.0. The Morgan fingerprint density at radius 2 is 0.842 bits per heavy atom. The molecule has 9 aromatic rings. The Hall–Kier alpha value is -11.3. The van der Waals surface area contributed by atoms with Gasteiger partial charge < -0.3 is 20.6 Å². The van der Waals surface area contributed by atoms with Crippen molar-refractivity contribution in [3.05, 3.63) is 239 Å². The Morgan fingerprint density at radius 1 is 0.535 bits per heavy atom. The van der Waals surface area contributed by atoms with Gasteiger partial charge in [-0.15, -0.1) is 0 Å². The van der Waals surface area contributed by atoms with Gasteiger partial charge in [-0.3, -0.25) is 24.3 Å². The van der Waals surface area contributed by atoms with Gasteiger partial charge in [-0.25, -0.2) is 33.4 Å². The molecule has 0 saturated carbocycles. The number of carbonyl (C=O) groups excluding carboxylic acids is 14. The van der Waals surface area contributed by atoms with Crippen LogP contribution >= 0.6 is 28.7 Å². The fourth-order valence-corrected chi connectivity index (χ4v) is 7.95. The summed E-state index contributed by atoms with van der Waals surface area (Å²) in [6.45, 7) is 14.0. The second kappa shape index (κ2) is 60.0. The maximum atomic E-state index is 11.6. The van der Waals surface area contributed by atoms with Crippen LogP contribution in [-0.4, -0.2) is 134 Å². The number of amides is 1. The Morgan fingerprint density at radius 3 is 1.13 bits per heavy atom. The number of para-hydroxylation sites is 2. The van der Waals surface area contributed by atoms with Crippen LogP contribution in [0.2, 0.25) is 0 Å². The van der Waals surface area contributed by atoms with Crippen molar-refractivity contribution in [2.45, 2.75) is 86.1 Å². The monoisotopic (exact) mass is 1460 g/mol. The number of anilines is 2. The van der Waals surface area contributed by atoms with Gasteiger partial charge in [-0.1, -0.05) is 128 Å². The molecule has 4 heterocycles. The van der Waals surface area contributed by atoms with Gasteiger partial charge in [-0.05, 0) is 111 Å². The van der Waals surface area contributed by atoms with Crippen molar-refractivity contribution in [2.24, 2.45) is 4.30 Å². The maximum absolute atomic E-state index is 11.6. The summed E-state index contributed by atoms with van der Waals surface area (Å²) in [5.74, 6) is -1.57. The Kier molecular flexibility index (Phi) is 57.1. The molecule has 5 aromatic carbocycles. The van der Waals surface area contributed by atoms with E-state index in [1.807, 2.05) is 114 Å². The van der Waals surface area contributed by atoms with E-state index in [2.05, 4.69) is 122 Å². The first-order chi connectivity index (χ1) is 47.5. The molecular weight excluding hydrogens is 1390 g/mol. The van der Waals surface area contributed by atoms with Crippen molar-refractivity contribution in [1.82, 2.24) is 44.9 Å². The van der Waals surface area contributed by atoms with Crippen LogP contribution in [0.5, 0.6) is 0 Å². The third kappa shape index (κ3) is 41.6. The van der Waals surface area contributed by atoms with E-state index in [0.717, 1.165) is 71.4 Å². The van der Waals surface area contributed by atoms with Crippen LogP contribution in [-0.2, 0) is 85.8 Å². The topological polar surface area (TPSA) is 400 Å². The number of hydrogen-bond acceptors (Lipinski definition) is 25. The van der Waals surface area contributed by atoms with Crippen molar-refractivity contribution in [2.75, 3.05) is 30.9 Å². The molecular formula is C68H76BBrLiN12O17S. The number of rotatable bonds is 13. The second-order valence-corrected chi connectivity index (χ2v) is 19.6. The number of halogens is 1. The number of aromatic nitrogens is 8. The molecule has 0 fully saturated rings. The van der Waals surface area contributed by atoms with E-state index in [0.29, 0.717) is 28.6 Å². The zero-order chi connectivity index (χ0) is 74.9. The minimum atomic E-state index is -0.708. The summed E-state index contributed by atoms with van der Waals surface area (Å²) in [6.07, 6.45) is 5.35. The number of nitrogens with zero attached hydrogens (tertiary/aromatic N) is 10. The quantitative estimate of drug-likeness (QED) is 0.0362. The van der Waals surface area contributed by atoms with Crippen molar-refractivity contribution >= 4 is 108 Å². The third-order valence-corrected chi connectivity index (χ3v) is 12.5. The number of hydrogen-bond donors (Lipinski definition) is 3. The van der Waals surface area contributed by atoms with Crippen molar-refractivity contribution in [3.63, 3.8) is 0 Å². The van der Waals surface area contributed by atoms with Gasteiger partial charge in [0.1, 0.15) is 0 Å². The Labute approximate surface area is 610 Å². The fraction of sp³-hybridized carbons (Fsp3) is 0.235. The van der Waals surface area contributed by atoms with E-state index in [9.17, 15) is 28.8 Å². The average molecular weight is 1460 g/mol. The fourth-order valence-electron chi connectivity index (χ4n) is 7.55. The minimum Gasteiger partial charge on any atom is -0.870 e. The van der Waals surface area contributed by atoms with Crippen molar-refractivity contribution < 1.29 is 101 Å². The maximum Gasteiger partial charge on any atom is 1.00 e. The standard InChI is InChI=1S/C15H19N3O.C14H10O4.C11H13N3.C8H11BrN2O.C8H12N2O.C8H9NO.4CO2.BHNS.Li.H2O/c1-4-13-10-15(18(16-13)12(2)19)11-17(3)14-8-6-5-7-9-14;15-13(11-7-3-1-4-8-11)17-18-14(16)12-9-5-2-6-10-12;1-14(9-10-7-8-12-13-10)11-5-3-2-4-6-11;1-3-7-4-8(5-9)11(10-7)6(2)12;1-4-8-5-6(2)10(9-8)7(3)11;1-9-8(10)7-5-3-2-4-6-7;4*2-1-3;1-2-3;;/h5-10H,4,11H2,1-3H3;1-10H;2-8H,9H2,1H3,(H,12,13);4H,3,5H2,1-2H3;5H,4H2,1-3H3;2-6H,1H3,(H,9,10);;;;;3H;;1H2/q;;;;;;;;;;;+1;/p-1. The van der Waals surface area contributed by atoms with Gasteiger partial charge in [0.05, 0.1) is 58.4 Å². The predicted octanol–water partition coefficient (Wildman–Crippen LogP) is 6.54. The first-order valence-corrected chi connectivity index (χ1v) is 30.6. The molecule has 0 aliphatic rings. The summed E-state index contributed by atoms with van der Waals surface area (Å²) >= 11 is 6.50. The molecule has 0 unspecified atom stereocenters. The van der Waals surface area contributed by atoms with Crippen LogP contribution in [0.3, 0.4) is 0 Å². The number of nitrogens with one attached hydrogen (secondary N) is 2. The summed E-state index contributed by atoms with van der Waals surface area (Å²) < 4.78 is 7.06. The molecule has 33 heteroatoms. The van der Waals surface area contributed by atoms with E-state index in [-0.39, 0.29) is 72.6 Å². The molecule has 0 aliphatic carbocycles. The minimum absolute atomic E-state index is 0. The molecule has 3 N–H and O–H groups in total. The van der Waals surface area contributed by atoms with Gasteiger partial charge in [0, 0.05) is 76.1 Å². The van der Waals surface area contributed by atoms with Crippen molar-refractivity contribution in [1.29, 1.82) is 0 Å². The second-order valence-electron chi connectivity index (χ2n) is 18.9. The van der Waals surface area contributed by atoms with E-state index < -0.39 is 11.9 Å². The van der Waals surface area contributed by atoms with E-state index in [1.54, 1.807) is 93.0 Å². The van der Waals surface area contributed by atoms with Crippen LogP contribution < -0.4 is 34.0 Å². The molecule has 0 saturated heterocycles. The van der Waals surface area contributed by atoms with E-state index >= 15 is 0 Å². The Balaban J connectivity index is -0.000000540. The van der Waals surface area contributed by atoms with Crippen LogP contribution in [0.1, 0.15) is 127 Å². The number of H-pyrrole nitrogens is 1. The molecule has 101 heavy (non-hydrogen) atoms. The zero-order valence-corrected chi connectivity index (χ0v) is 59.9. The van der Waals surface area contributed by atoms with Crippen LogP contribution in [0, 0.1) is 6.92 Å². The molecule has 9 rings (SSSR count). The normalized spacial score (nSPS) is 8.70. The molecule has 29 nitrogen and oxygen atoms in total. The van der Waals surface area contributed by atoms with E-state index in [1.165, 1.54) is 33.6 Å². The van der Waals surface area contributed by atoms with Crippen LogP contribution in [0.4, 0.5) is 11.4 Å². The number of carbonyl (C=O) groups is 6. The number of thiol groups is 1. The molecule has 4 aromatic heterocycles. The summed E-state index contributed by atoms with van der Waals surface area (Å²) in [5, 5.41) is 22.6. The van der Waals surface area contributed by atoms with Gasteiger partial charge in [0.25, 0.3) is 5.91 Å². The van der Waals surface area contributed by atoms with Crippen LogP contribution in [0.25, 0.3) is 0 Å². The number of aromatic amines is 1. The van der Waals surface area contributed by atoms with Gasteiger partial charge in [-0.2, -0.15) is 58.8 Å². The summed E-state index contributed by atoms with van der Waals surface area (Å²) in [6, 6.07) is 53.9. The molecule has 0 atom stereocenters. The van der Waals surface area contributed by atoms with Crippen molar-refractivity contribution in [3.8, 4) is 0 Å². The number of aryl methyl sites for hydroxylation is 4. The predicted molar refractivity (Wildman–Crippen MR) is 369 cm³/mol. The molecule has 1 radical (unpaired) electrons. The number of benzene rings is 5. The molecule has 0 aliphatic heterocycles. The zero-order valence-electron chi connectivity index (χ0n) is 57.4. The molecule has 1 amide bonds. The first kappa shape index (κ1) is 96.1. The van der Waals surface area contributed by atoms with Crippen LogP contribution in [0.15, 0.2) is 186 Å². The molecule has 0 spiro atoms. The van der Waals surface area contributed by atoms with Gasteiger partial charge >= 0.3 is 80.2 Å². The third-order valence-electron chi connectivity index (χ3n) is 12.0. The average Bonchev–Trinajstić information content (AvgIpc) is 1.73. The SMILES string of the molecule is CCc1cc(C)n(C(C)=O)n1.CCc1cc(CBr)n(C(C)=O)n1.CCc1cc(CN(C)c2ccccc2)n(C(C)=O)n1.CN(Cc1ccn[nH]1)c1ccccc1.CNC(=O)c1ccccc1.O=C(OOC(=O)c1ccccc1)c1ccccc1.O=C=O.O=C=O.O=C=O.O=C=O.[B]=NS.[Li+].[OH-]. The van der Waals surface area contributed by atoms with Gasteiger partial charge in [0.2, 0.25) is 17.7 Å². The Bertz CT molecular complexity index is 3830. The number of alkyl halides is 1. The summed E-state index contributed by atoms with van der Waals surface area (Å²) in [4.78, 5) is 146. The largest absolute Gasteiger partial charge is 1.00 e. The first-order valence-electron chi connectivity index (χ1n) is 29.1. The summed E-state index contributed by atoms with van der Waals surface area (Å²) in [5.41, 5.74) is 10.4.